The van der Waals surface area contributed by atoms with E-state index in [9.17, 15) is 23.2 Å². The third-order valence-corrected chi connectivity index (χ3v) is 6.24. The summed E-state index contributed by atoms with van der Waals surface area (Å²) in [7, 11) is 0. The smallest absolute Gasteiger partial charge is 0.416 e. The van der Waals surface area contributed by atoms with E-state index in [0.717, 1.165) is 12.1 Å². The maximum Gasteiger partial charge on any atom is 0.416 e. The molecule has 1 unspecified atom stereocenters. The normalized spacial score (nSPS) is 18.8. The summed E-state index contributed by atoms with van der Waals surface area (Å²) in [4.78, 5) is 18.8. The number of ether oxygens (including phenoxy) is 3. The van der Waals surface area contributed by atoms with E-state index in [0.29, 0.717) is 37.7 Å². The third-order valence-electron chi connectivity index (χ3n) is 6.24. The lowest BCUT2D eigenvalue weighted by Crippen LogP contribution is -2.53. The van der Waals surface area contributed by atoms with Gasteiger partial charge in [0.2, 0.25) is 5.88 Å². The van der Waals surface area contributed by atoms with E-state index in [1.807, 2.05) is 13.0 Å². The van der Waals surface area contributed by atoms with Crippen LogP contribution in [0.3, 0.4) is 0 Å². The molecule has 1 atom stereocenters. The predicted octanol–water partition coefficient (Wildman–Crippen LogP) is 4.11. The summed E-state index contributed by atoms with van der Waals surface area (Å²) in [5.41, 5.74) is -1.14. The molecule has 0 aliphatic carbocycles. The van der Waals surface area contributed by atoms with Gasteiger partial charge in [-0.25, -0.2) is 4.79 Å². The van der Waals surface area contributed by atoms with Gasteiger partial charge in [0.25, 0.3) is 0 Å². The van der Waals surface area contributed by atoms with Crippen LogP contribution in [0, 0.1) is 11.3 Å². The van der Waals surface area contributed by atoms with Crippen molar-refractivity contribution < 1.29 is 27.4 Å². The molecule has 5 rings (SSSR count). The first kappa shape index (κ1) is 23.7. The Labute approximate surface area is 204 Å². The van der Waals surface area contributed by atoms with Gasteiger partial charge < -0.3 is 19.1 Å². The SMILES string of the molecule is CC12COCCN1c1cc(OCc3cccc(C#N)c3Oc3cccc(C(F)(F)F)c3)nc(=O)n1C2. The number of nitrogens with zero attached hydrogens (tertiary/aromatic N) is 4. The Bertz CT molecular complexity index is 1420. The van der Waals surface area contributed by atoms with Gasteiger partial charge in [0, 0.05) is 18.2 Å². The van der Waals surface area contributed by atoms with Gasteiger partial charge in [-0.15, -0.1) is 0 Å². The first-order valence-corrected chi connectivity index (χ1v) is 11.2. The highest BCUT2D eigenvalue weighted by Gasteiger charge is 2.43. The summed E-state index contributed by atoms with van der Waals surface area (Å²) in [5, 5.41) is 9.54. The molecule has 3 aromatic rings. The van der Waals surface area contributed by atoms with Crippen molar-refractivity contribution in [3.63, 3.8) is 0 Å². The summed E-state index contributed by atoms with van der Waals surface area (Å²) in [6.45, 7) is 4.00. The minimum Gasteiger partial charge on any atom is -0.472 e. The number of hydrogen-bond donors (Lipinski definition) is 0. The van der Waals surface area contributed by atoms with Gasteiger partial charge in [-0.1, -0.05) is 18.2 Å². The maximum absolute atomic E-state index is 13.1. The second kappa shape index (κ2) is 8.87. The van der Waals surface area contributed by atoms with Crippen LogP contribution < -0.4 is 20.1 Å². The molecule has 0 radical (unpaired) electrons. The monoisotopic (exact) mass is 498 g/mol. The van der Waals surface area contributed by atoms with E-state index in [4.69, 9.17) is 14.2 Å². The minimum absolute atomic E-state index is 0.0676. The van der Waals surface area contributed by atoms with Gasteiger partial charge in [-0.05, 0) is 31.2 Å². The number of hydrogen-bond acceptors (Lipinski definition) is 7. The quantitative estimate of drug-likeness (QED) is 0.523. The topological polar surface area (TPSA) is 89.6 Å². The summed E-state index contributed by atoms with van der Waals surface area (Å²) in [6, 6.07) is 12.8. The van der Waals surface area contributed by atoms with E-state index < -0.39 is 17.4 Å². The molecule has 0 spiro atoms. The number of benzene rings is 2. The standard InChI is InChI=1S/C25H21F3N4O4/c1-24-14-31-21(32(24)8-9-34-15-24)11-20(30-23(31)33)35-13-17-5-2-4-16(12-29)22(17)36-19-7-3-6-18(10-19)25(26,27)28/h2-7,10-11H,8-9,13-15H2,1H3. The van der Waals surface area contributed by atoms with E-state index in [2.05, 4.69) is 9.88 Å². The predicted molar refractivity (Wildman–Crippen MR) is 122 cm³/mol. The molecule has 0 saturated carbocycles. The first-order valence-electron chi connectivity index (χ1n) is 11.2. The highest BCUT2D eigenvalue weighted by molar-refractivity contribution is 5.52. The fourth-order valence-electron chi connectivity index (χ4n) is 4.49. The average Bonchev–Trinajstić information content (AvgIpc) is 3.16. The van der Waals surface area contributed by atoms with Crippen LogP contribution in [-0.4, -0.2) is 34.8 Å². The zero-order valence-corrected chi connectivity index (χ0v) is 19.2. The number of aromatic nitrogens is 2. The fourth-order valence-corrected chi connectivity index (χ4v) is 4.49. The first-order chi connectivity index (χ1) is 17.2. The summed E-state index contributed by atoms with van der Waals surface area (Å²) in [5.74, 6) is 0.767. The van der Waals surface area contributed by atoms with Gasteiger partial charge in [-0.2, -0.15) is 23.4 Å². The van der Waals surface area contributed by atoms with Gasteiger partial charge in [0.1, 0.15) is 24.2 Å². The molecule has 2 aliphatic heterocycles. The number of alkyl halides is 3. The van der Waals surface area contributed by atoms with Crippen LogP contribution in [0.5, 0.6) is 17.4 Å². The zero-order chi connectivity index (χ0) is 25.5. The molecular weight excluding hydrogens is 477 g/mol. The molecule has 2 aromatic carbocycles. The number of morpholine rings is 1. The Morgan fingerprint density at radius 2 is 2.03 bits per heavy atom. The Kier molecular flexibility index (Phi) is 5.84. The van der Waals surface area contributed by atoms with Crippen molar-refractivity contribution >= 4 is 5.82 Å². The molecule has 2 aliphatic rings. The van der Waals surface area contributed by atoms with Crippen LogP contribution in [0.2, 0.25) is 0 Å². The minimum atomic E-state index is -4.54. The van der Waals surface area contributed by atoms with Crippen LogP contribution in [0.25, 0.3) is 0 Å². The van der Waals surface area contributed by atoms with Gasteiger partial charge in [0.05, 0.1) is 36.4 Å². The highest BCUT2D eigenvalue weighted by Crippen LogP contribution is 2.37. The second-order valence-electron chi connectivity index (χ2n) is 8.84. The summed E-state index contributed by atoms with van der Waals surface area (Å²) in [6.07, 6.45) is -4.54. The summed E-state index contributed by atoms with van der Waals surface area (Å²) < 4.78 is 58.1. The molecule has 1 saturated heterocycles. The fraction of sp³-hybridized carbons (Fsp3) is 0.320. The van der Waals surface area contributed by atoms with Crippen LogP contribution in [0.1, 0.15) is 23.6 Å². The molecule has 8 nitrogen and oxygen atoms in total. The number of para-hydroxylation sites is 1. The molecule has 0 N–H and O–H groups in total. The Balaban J connectivity index is 1.41. The van der Waals surface area contributed by atoms with Crippen molar-refractivity contribution in [3.8, 4) is 23.4 Å². The third kappa shape index (κ3) is 4.35. The molecule has 186 valence electrons. The zero-order valence-electron chi connectivity index (χ0n) is 19.2. The van der Waals surface area contributed by atoms with Crippen molar-refractivity contribution in [2.45, 2.75) is 31.8 Å². The Morgan fingerprint density at radius 3 is 2.81 bits per heavy atom. The maximum atomic E-state index is 13.1. The lowest BCUT2D eigenvalue weighted by atomic mass is 10.0. The molecule has 3 heterocycles. The van der Waals surface area contributed by atoms with Crippen LogP contribution >= 0.6 is 0 Å². The van der Waals surface area contributed by atoms with Crippen molar-refractivity contribution in [2.24, 2.45) is 0 Å². The molecule has 0 amide bonds. The number of nitriles is 1. The molecule has 36 heavy (non-hydrogen) atoms. The number of fused-ring (bicyclic) bond motifs is 3. The van der Waals surface area contributed by atoms with Gasteiger partial charge in [-0.3, -0.25) is 4.57 Å². The molecule has 11 heteroatoms. The Hall–Kier alpha value is -4.04. The largest absolute Gasteiger partial charge is 0.472 e. The van der Waals surface area contributed by atoms with Gasteiger partial charge in [0.15, 0.2) is 5.75 Å². The molecule has 1 aromatic heterocycles. The highest BCUT2D eigenvalue weighted by atomic mass is 19.4. The van der Waals surface area contributed by atoms with E-state index in [1.165, 1.54) is 18.2 Å². The van der Waals surface area contributed by atoms with Crippen LogP contribution in [0.15, 0.2) is 53.3 Å². The van der Waals surface area contributed by atoms with Crippen LogP contribution in [-0.2, 0) is 24.1 Å². The molecule has 0 bridgehead atoms. The van der Waals surface area contributed by atoms with Crippen LogP contribution in [0.4, 0.5) is 19.0 Å². The Morgan fingerprint density at radius 1 is 1.22 bits per heavy atom. The number of anilines is 1. The summed E-state index contributed by atoms with van der Waals surface area (Å²) >= 11 is 0. The molecule has 1 fully saturated rings. The van der Waals surface area contributed by atoms with Crippen molar-refractivity contribution in [3.05, 3.63) is 75.7 Å². The number of halogens is 3. The van der Waals surface area contributed by atoms with E-state index in [-0.39, 0.29) is 35.1 Å². The van der Waals surface area contributed by atoms with Crippen molar-refractivity contribution in [1.82, 2.24) is 9.55 Å². The second-order valence-corrected chi connectivity index (χ2v) is 8.84. The van der Waals surface area contributed by atoms with Crippen molar-refractivity contribution in [2.75, 3.05) is 24.7 Å². The van der Waals surface area contributed by atoms with Crippen molar-refractivity contribution in [1.29, 1.82) is 5.26 Å². The number of rotatable bonds is 5. The lowest BCUT2D eigenvalue weighted by molar-refractivity contribution is -0.137. The molecular formula is C25H21F3N4O4. The average molecular weight is 498 g/mol. The van der Waals surface area contributed by atoms with Gasteiger partial charge >= 0.3 is 11.9 Å². The van der Waals surface area contributed by atoms with E-state index in [1.54, 1.807) is 22.8 Å². The lowest BCUT2D eigenvalue weighted by Gasteiger charge is -2.39. The van der Waals surface area contributed by atoms with E-state index >= 15 is 0 Å².